The summed E-state index contributed by atoms with van der Waals surface area (Å²) in [7, 11) is 0. The minimum absolute atomic E-state index is 0.0184. The minimum Gasteiger partial charge on any atom is -0.489 e. The molecule has 0 saturated heterocycles. The van der Waals surface area contributed by atoms with E-state index in [-0.39, 0.29) is 11.5 Å². The molecule has 0 aliphatic carbocycles. The third-order valence-electron chi connectivity index (χ3n) is 4.37. The number of anilines is 2. The Morgan fingerprint density at radius 2 is 1.86 bits per heavy atom. The van der Waals surface area contributed by atoms with Crippen molar-refractivity contribution in [2.24, 2.45) is 0 Å². The zero-order chi connectivity index (χ0) is 20.2. The Hall–Kier alpha value is -4.00. The van der Waals surface area contributed by atoms with E-state index in [0.29, 0.717) is 18.0 Å². The number of hydrogen-bond donors (Lipinski definition) is 1. The Kier molecular flexibility index (Phi) is 5.03. The molecule has 3 aromatic carbocycles. The van der Waals surface area contributed by atoms with Crippen LogP contribution in [0.2, 0.25) is 0 Å². The number of pyridine rings is 1. The number of halogens is 1. The Balaban J connectivity index is 1.55. The smallest absolute Gasteiger partial charge is 0.271 e. The number of non-ortho nitro benzene ring substituents is 1. The zero-order valence-corrected chi connectivity index (χ0v) is 15.2. The Labute approximate surface area is 165 Å². The summed E-state index contributed by atoms with van der Waals surface area (Å²) in [5, 5.41) is 15.0. The van der Waals surface area contributed by atoms with Crippen molar-refractivity contribution in [2.75, 3.05) is 5.32 Å². The zero-order valence-electron chi connectivity index (χ0n) is 15.2. The van der Waals surface area contributed by atoms with E-state index in [9.17, 15) is 14.5 Å². The van der Waals surface area contributed by atoms with Crippen molar-refractivity contribution < 1.29 is 14.1 Å². The second-order valence-corrected chi connectivity index (χ2v) is 6.39. The van der Waals surface area contributed by atoms with E-state index in [4.69, 9.17) is 4.74 Å². The van der Waals surface area contributed by atoms with Gasteiger partial charge in [-0.1, -0.05) is 18.2 Å². The number of aromatic nitrogens is 1. The molecule has 0 saturated carbocycles. The Morgan fingerprint density at radius 1 is 1.03 bits per heavy atom. The molecule has 0 aliphatic rings. The van der Waals surface area contributed by atoms with E-state index in [1.807, 2.05) is 18.2 Å². The van der Waals surface area contributed by atoms with Crippen LogP contribution in [0.25, 0.3) is 10.9 Å². The highest BCUT2D eigenvalue weighted by atomic mass is 19.1. The van der Waals surface area contributed by atoms with E-state index in [1.165, 1.54) is 24.3 Å². The van der Waals surface area contributed by atoms with Crippen LogP contribution in [0, 0.1) is 15.9 Å². The largest absolute Gasteiger partial charge is 0.489 e. The highest BCUT2D eigenvalue weighted by Gasteiger charge is 2.08. The maximum absolute atomic E-state index is 13.0. The van der Waals surface area contributed by atoms with Gasteiger partial charge in [0.25, 0.3) is 5.69 Å². The Bertz CT molecular complexity index is 1180. The number of nitrogens with one attached hydrogen (secondary N) is 1. The van der Waals surface area contributed by atoms with Gasteiger partial charge in [0.05, 0.1) is 10.4 Å². The summed E-state index contributed by atoms with van der Waals surface area (Å²) in [6, 6.07) is 19.8. The Morgan fingerprint density at radius 3 is 2.66 bits per heavy atom. The molecule has 0 amide bonds. The van der Waals surface area contributed by atoms with Crippen LogP contribution in [0.15, 0.2) is 79.0 Å². The van der Waals surface area contributed by atoms with Gasteiger partial charge in [0, 0.05) is 41.2 Å². The molecule has 1 N–H and O–H groups in total. The number of nitrogens with zero attached hydrogens (tertiary/aromatic N) is 2. The first-order valence-corrected chi connectivity index (χ1v) is 8.86. The SMILES string of the molecule is O=[N+]([O-])c1cccc(Nc2ccnc3cc(OCc4ccc(F)cc4)ccc23)c1. The lowest BCUT2D eigenvalue weighted by molar-refractivity contribution is -0.384. The molecule has 0 fully saturated rings. The maximum Gasteiger partial charge on any atom is 0.271 e. The molecule has 29 heavy (non-hydrogen) atoms. The molecule has 1 heterocycles. The van der Waals surface area contributed by atoms with Gasteiger partial charge in [0.15, 0.2) is 0 Å². The van der Waals surface area contributed by atoms with Crippen LogP contribution in [-0.2, 0) is 6.61 Å². The molecule has 0 atom stereocenters. The van der Waals surface area contributed by atoms with E-state index in [0.717, 1.165) is 22.2 Å². The second-order valence-electron chi connectivity index (χ2n) is 6.39. The third-order valence-corrected chi connectivity index (χ3v) is 4.37. The van der Waals surface area contributed by atoms with Crippen LogP contribution in [0.4, 0.5) is 21.5 Å². The van der Waals surface area contributed by atoms with Crippen LogP contribution in [0.5, 0.6) is 5.75 Å². The van der Waals surface area contributed by atoms with Gasteiger partial charge in [-0.05, 0) is 42.0 Å². The maximum atomic E-state index is 13.0. The first-order chi connectivity index (χ1) is 14.1. The predicted molar refractivity (Wildman–Crippen MR) is 109 cm³/mol. The number of nitro benzene ring substituents is 1. The summed E-state index contributed by atoms with van der Waals surface area (Å²) in [6.45, 7) is 0.317. The fourth-order valence-electron chi connectivity index (χ4n) is 2.93. The van der Waals surface area contributed by atoms with Crippen molar-refractivity contribution in [3.05, 3.63) is 100 Å². The minimum atomic E-state index is -0.430. The highest BCUT2D eigenvalue weighted by molar-refractivity contribution is 5.93. The summed E-state index contributed by atoms with van der Waals surface area (Å²) < 4.78 is 18.8. The van der Waals surface area contributed by atoms with Crippen LogP contribution in [-0.4, -0.2) is 9.91 Å². The van der Waals surface area contributed by atoms with Gasteiger partial charge < -0.3 is 10.1 Å². The van der Waals surface area contributed by atoms with Crippen molar-refractivity contribution in [1.29, 1.82) is 0 Å². The first-order valence-electron chi connectivity index (χ1n) is 8.86. The fraction of sp³-hybridized carbons (Fsp3) is 0.0455. The molecule has 0 spiro atoms. The van der Waals surface area contributed by atoms with E-state index >= 15 is 0 Å². The molecule has 4 rings (SSSR count). The summed E-state index contributed by atoms with van der Waals surface area (Å²) in [4.78, 5) is 14.9. The summed E-state index contributed by atoms with van der Waals surface area (Å²) >= 11 is 0. The second kappa shape index (κ2) is 7.93. The van der Waals surface area contributed by atoms with Crippen LogP contribution < -0.4 is 10.1 Å². The van der Waals surface area contributed by atoms with Crippen LogP contribution >= 0.6 is 0 Å². The topological polar surface area (TPSA) is 77.3 Å². The molecule has 0 bridgehead atoms. The monoisotopic (exact) mass is 389 g/mol. The normalized spacial score (nSPS) is 10.7. The van der Waals surface area contributed by atoms with Crippen molar-refractivity contribution in [3.8, 4) is 5.75 Å². The predicted octanol–water partition coefficient (Wildman–Crippen LogP) is 5.60. The van der Waals surface area contributed by atoms with Gasteiger partial charge in [-0.3, -0.25) is 15.1 Å². The number of fused-ring (bicyclic) bond motifs is 1. The standard InChI is InChI=1S/C22H16FN3O3/c23-16-6-4-15(5-7-16)14-29-19-8-9-20-21(10-11-24-22(20)13-19)25-17-2-1-3-18(12-17)26(27)28/h1-13H,14H2,(H,24,25). The van der Waals surface area contributed by atoms with Gasteiger partial charge >= 0.3 is 0 Å². The summed E-state index contributed by atoms with van der Waals surface area (Å²) in [6.07, 6.45) is 1.66. The summed E-state index contributed by atoms with van der Waals surface area (Å²) in [5.41, 5.74) is 2.99. The quantitative estimate of drug-likeness (QED) is 0.343. The van der Waals surface area contributed by atoms with Crippen molar-refractivity contribution >= 4 is 28.0 Å². The molecule has 0 radical (unpaired) electrons. The highest BCUT2D eigenvalue weighted by Crippen LogP contribution is 2.29. The lowest BCUT2D eigenvalue weighted by Crippen LogP contribution is -1.97. The van der Waals surface area contributed by atoms with E-state index < -0.39 is 4.92 Å². The van der Waals surface area contributed by atoms with Gasteiger partial charge in [-0.15, -0.1) is 0 Å². The molecule has 0 aliphatic heterocycles. The number of ether oxygens (including phenoxy) is 1. The number of nitro groups is 1. The molecule has 1 aromatic heterocycles. The van der Waals surface area contributed by atoms with Crippen molar-refractivity contribution in [1.82, 2.24) is 4.98 Å². The molecule has 4 aromatic rings. The lowest BCUT2D eigenvalue weighted by atomic mass is 10.1. The van der Waals surface area contributed by atoms with Gasteiger partial charge in [-0.2, -0.15) is 0 Å². The van der Waals surface area contributed by atoms with Gasteiger partial charge in [0.1, 0.15) is 18.2 Å². The molecular formula is C22H16FN3O3. The molecule has 144 valence electrons. The molecular weight excluding hydrogens is 373 g/mol. The van der Waals surface area contributed by atoms with Crippen LogP contribution in [0.1, 0.15) is 5.56 Å². The van der Waals surface area contributed by atoms with Crippen molar-refractivity contribution in [3.63, 3.8) is 0 Å². The van der Waals surface area contributed by atoms with Crippen LogP contribution in [0.3, 0.4) is 0 Å². The average Bonchev–Trinajstić information content (AvgIpc) is 2.73. The van der Waals surface area contributed by atoms with Gasteiger partial charge in [-0.25, -0.2) is 4.39 Å². The van der Waals surface area contributed by atoms with E-state index in [1.54, 1.807) is 36.5 Å². The fourth-order valence-corrected chi connectivity index (χ4v) is 2.93. The first kappa shape index (κ1) is 18.4. The average molecular weight is 389 g/mol. The van der Waals surface area contributed by atoms with Gasteiger partial charge in [0.2, 0.25) is 0 Å². The molecule has 7 heteroatoms. The molecule has 6 nitrogen and oxygen atoms in total. The number of rotatable bonds is 6. The molecule has 0 unspecified atom stereocenters. The lowest BCUT2D eigenvalue weighted by Gasteiger charge is -2.11. The van der Waals surface area contributed by atoms with Crippen molar-refractivity contribution in [2.45, 2.75) is 6.61 Å². The third kappa shape index (κ3) is 4.30. The van der Waals surface area contributed by atoms with E-state index in [2.05, 4.69) is 10.3 Å². The number of hydrogen-bond acceptors (Lipinski definition) is 5. The number of benzene rings is 3. The summed E-state index contributed by atoms with van der Waals surface area (Å²) in [5.74, 6) is 0.356.